The summed E-state index contributed by atoms with van der Waals surface area (Å²) in [5, 5.41) is 7.57. The maximum absolute atomic E-state index is 5.47. The van der Waals surface area contributed by atoms with Crippen LogP contribution in [0.25, 0.3) is 0 Å². The van der Waals surface area contributed by atoms with Crippen molar-refractivity contribution in [2.24, 2.45) is 5.92 Å². The minimum atomic E-state index is 0.526. The van der Waals surface area contributed by atoms with Crippen molar-refractivity contribution in [3.05, 3.63) is 24.2 Å². The van der Waals surface area contributed by atoms with Crippen LogP contribution in [0.4, 0.5) is 0 Å². The summed E-state index contributed by atoms with van der Waals surface area (Å²) in [7, 11) is 0. The molecule has 0 aliphatic carbocycles. The first-order valence-electron chi connectivity index (χ1n) is 9.04. The molecule has 2 aliphatic rings. The summed E-state index contributed by atoms with van der Waals surface area (Å²) in [5.41, 5.74) is 0. The standard InChI is InChI=1S/C18H29N3OS/c1-13(2)12-21-15-5-3-6-16(21)10-14(9-15)20-18(23)19-11-17-7-4-8-22-17/h4,7-8,13-16H,3,5-6,9-12H2,1-2H3,(H2,19,20,23)/p+1/t14?,15-,16+. The van der Waals surface area contributed by atoms with Gasteiger partial charge in [-0.15, -0.1) is 0 Å². The van der Waals surface area contributed by atoms with Gasteiger partial charge in [-0.3, -0.25) is 0 Å². The third-order valence-corrected chi connectivity index (χ3v) is 5.54. The highest BCUT2D eigenvalue weighted by molar-refractivity contribution is 7.80. The Morgan fingerprint density at radius 3 is 2.70 bits per heavy atom. The normalized spacial score (nSPS) is 30.2. The summed E-state index contributed by atoms with van der Waals surface area (Å²) in [6.45, 7) is 6.67. The zero-order valence-corrected chi connectivity index (χ0v) is 15.1. The number of piperidine rings is 2. The van der Waals surface area contributed by atoms with Crippen molar-refractivity contribution in [2.75, 3.05) is 6.54 Å². The van der Waals surface area contributed by atoms with Crippen LogP contribution >= 0.6 is 12.2 Å². The lowest BCUT2D eigenvalue weighted by atomic mass is 9.81. The predicted octanol–water partition coefficient (Wildman–Crippen LogP) is 1.87. The van der Waals surface area contributed by atoms with E-state index < -0.39 is 0 Å². The minimum absolute atomic E-state index is 0.526. The van der Waals surface area contributed by atoms with Crippen LogP contribution in [0, 0.1) is 5.92 Å². The van der Waals surface area contributed by atoms with E-state index in [-0.39, 0.29) is 0 Å². The average molecular weight is 337 g/mol. The first-order valence-corrected chi connectivity index (χ1v) is 9.45. The lowest BCUT2D eigenvalue weighted by Gasteiger charge is -2.46. The molecule has 4 nitrogen and oxygen atoms in total. The fourth-order valence-corrected chi connectivity index (χ4v) is 4.61. The van der Waals surface area contributed by atoms with Gasteiger partial charge in [0.2, 0.25) is 0 Å². The van der Waals surface area contributed by atoms with Crippen LogP contribution in [-0.2, 0) is 6.54 Å². The highest BCUT2D eigenvalue weighted by atomic mass is 32.1. The zero-order valence-electron chi connectivity index (χ0n) is 14.3. The molecule has 2 unspecified atom stereocenters. The largest absolute Gasteiger partial charge is 0.467 e. The summed E-state index contributed by atoms with van der Waals surface area (Å²) >= 11 is 5.47. The van der Waals surface area contributed by atoms with E-state index in [0.29, 0.717) is 12.6 Å². The number of furan rings is 1. The van der Waals surface area contributed by atoms with Crippen molar-refractivity contribution in [3.63, 3.8) is 0 Å². The highest BCUT2D eigenvalue weighted by Crippen LogP contribution is 2.22. The first kappa shape index (κ1) is 16.8. The van der Waals surface area contributed by atoms with Crippen molar-refractivity contribution in [2.45, 2.75) is 70.6 Å². The number of fused-ring (bicyclic) bond motifs is 2. The van der Waals surface area contributed by atoms with Gasteiger partial charge in [-0.25, -0.2) is 0 Å². The predicted molar refractivity (Wildman–Crippen MR) is 96.4 cm³/mol. The average Bonchev–Trinajstić information content (AvgIpc) is 2.99. The number of thiocarbonyl (C=S) groups is 1. The second-order valence-corrected chi connectivity index (χ2v) is 7.98. The molecule has 2 fully saturated rings. The zero-order chi connectivity index (χ0) is 16.2. The Labute approximate surface area is 145 Å². The number of nitrogens with one attached hydrogen (secondary N) is 3. The fourth-order valence-electron chi connectivity index (χ4n) is 4.38. The quantitative estimate of drug-likeness (QED) is 0.718. The number of rotatable bonds is 5. The molecule has 0 spiro atoms. The van der Waals surface area contributed by atoms with Gasteiger partial charge < -0.3 is 20.0 Å². The van der Waals surface area contributed by atoms with E-state index in [2.05, 4.69) is 24.5 Å². The number of quaternary nitrogens is 1. The van der Waals surface area contributed by atoms with E-state index in [1.54, 1.807) is 6.26 Å². The van der Waals surface area contributed by atoms with Crippen LogP contribution in [0.3, 0.4) is 0 Å². The van der Waals surface area contributed by atoms with Gasteiger partial charge in [0.25, 0.3) is 0 Å². The molecule has 2 bridgehead atoms. The van der Waals surface area contributed by atoms with Crippen molar-refractivity contribution in [1.29, 1.82) is 0 Å². The molecule has 23 heavy (non-hydrogen) atoms. The van der Waals surface area contributed by atoms with E-state index in [9.17, 15) is 0 Å². The first-order chi connectivity index (χ1) is 11.1. The second kappa shape index (κ2) is 7.67. The van der Waals surface area contributed by atoms with Gasteiger partial charge in [-0.2, -0.15) is 0 Å². The molecule has 5 heteroatoms. The van der Waals surface area contributed by atoms with E-state index in [4.69, 9.17) is 16.6 Å². The van der Waals surface area contributed by atoms with Gasteiger partial charge >= 0.3 is 0 Å². The van der Waals surface area contributed by atoms with Crippen LogP contribution in [0.1, 0.15) is 51.7 Å². The molecular formula is C18H30N3OS+. The Morgan fingerprint density at radius 1 is 1.35 bits per heavy atom. The fraction of sp³-hybridized carbons (Fsp3) is 0.722. The van der Waals surface area contributed by atoms with Crippen LogP contribution < -0.4 is 15.5 Å². The molecular weight excluding hydrogens is 306 g/mol. The molecule has 3 N–H and O–H groups in total. The molecule has 0 amide bonds. The molecule has 0 aromatic carbocycles. The SMILES string of the molecule is CC(C)C[NH+]1[C@@H]2CCC[C@H]1CC(NC(=S)NCc1ccco1)C2. The molecule has 128 valence electrons. The van der Waals surface area contributed by atoms with Crippen molar-refractivity contribution in [1.82, 2.24) is 10.6 Å². The Hall–Kier alpha value is -1.07. The summed E-state index contributed by atoms with van der Waals surface area (Å²) in [6.07, 6.45) is 8.36. The molecule has 1 aromatic heterocycles. The van der Waals surface area contributed by atoms with Crippen LogP contribution in [-0.4, -0.2) is 29.8 Å². The summed E-state index contributed by atoms with van der Waals surface area (Å²) in [6, 6.07) is 6.03. The van der Waals surface area contributed by atoms with Gasteiger partial charge in [-0.1, -0.05) is 13.8 Å². The van der Waals surface area contributed by atoms with E-state index >= 15 is 0 Å². The lowest BCUT2D eigenvalue weighted by Crippen LogP contribution is -3.21. The third kappa shape index (κ3) is 4.48. The summed E-state index contributed by atoms with van der Waals surface area (Å²) in [5.74, 6) is 1.70. The van der Waals surface area contributed by atoms with E-state index in [0.717, 1.165) is 28.9 Å². The van der Waals surface area contributed by atoms with Gasteiger partial charge in [0.15, 0.2) is 5.11 Å². The van der Waals surface area contributed by atoms with Gasteiger partial charge in [0.1, 0.15) is 5.76 Å². The Balaban J connectivity index is 1.49. The molecule has 0 saturated carbocycles. The maximum Gasteiger partial charge on any atom is 0.166 e. The maximum atomic E-state index is 5.47. The van der Waals surface area contributed by atoms with Crippen molar-refractivity contribution in [3.8, 4) is 0 Å². The minimum Gasteiger partial charge on any atom is -0.467 e. The number of hydrogen-bond acceptors (Lipinski definition) is 2. The van der Waals surface area contributed by atoms with Crippen molar-refractivity contribution >= 4 is 17.3 Å². The molecule has 2 saturated heterocycles. The van der Waals surface area contributed by atoms with Gasteiger partial charge in [0.05, 0.1) is 31.4 Å². The van der Waals surface area contributed by atoms with Crippen molar-refractivity contribution < 1.29 is 9.32 Å². The Morgan fingerprint density at radius 2 is 2.09 bits per heavy atom. The van der Waals surface area contributed by atoms with Gasteiger partial charge in [0, 0.05) is 24.8 Å². The summed E-state index contributed by atoms with van der Waals surface area (Å²) < 4.78 is 5.33. The lowest BCUT2D eigenvalue weighted by molar-refractivity contribution is -0.963. The summed E-state index contributed by atoms with van der Waals surface area (Å²) in [4.78, 5) is 1.86. The third-order valence-electron chi connectivity index (χ3n) is 5.27. The molecule has 3 rings (SSSR count). The van der Waals surface area contributed by atoms with Crippen LogP contribution in [0.2, 0.25) is 0 Å². The molecule has 2 aliphatic heterocycles. The topological polar surface area (TPSA) is 41.6 Å². The molecule has 3 heterocycles. The monoisotopic (exact) mass is 336 g/mol. The smallest absolute Gasteiger partial charge is 0.166 e. The van der Waals surface area contributed by atoms with Crippen LogP contribution in [0.5, 0.6) is 0 Å². The number of hydrogen-bond donors (Lipinski definition) is 3. The molecule has 4 atom stereocenters. The second-order valence-electron chi connectivity index (χ2n) is 7.57. The van der Waals surface area contributed by atoms with Crippen LogP contribution in [0.15, 0.2) is 22.8 Å². The van der Waals surface area contributed by atoms with E-state index in [1.807, 2.05) is 17.0 Å². The van der Waals surface area contributed by atoms with Gasteiger partial charge in [-0.05, 0) is 43.6 Å². The highest BCUT2D eigenvalue weighted by Gasteiger charge is 2.41. The Bertz CT molecular complexity index is 488. The molecule has 1 aromatic rings. The molecule has 0 radical (unpaired) electrons. The van der Waals surface area contributed by atoms with E-state index in [1.165, 1.54) is 38.6 Å². The Kier molecular flexibility index (Phi) is 5.59.